The van der Waals surface area contributed by atoms with Gasteiger partial charge in [0.15, 0.2) is 0 Å². The van der Waals surface area contributed by atoms with Crippen LogP contribution in [0.2, 0.25) is 0 Å². The van der Waals surface area contributed by atoms with Gasteiger partial charge in [0.25, 0.3) is 0 Å². The van der Waals surface area contributed by atoms with Crippen LogP contribution in [0.5, 0.6) is 0 Å². The number of rotatable bonds is 8. The molecule has 2 aromatic carbocycles. The van der Waals surface area contributed by atoms with E-state index in [2.05, 4.69) is 10.6 Å². The summed E-state index contributed by atoms with van der Waals surface area (Å²) >= 11 is 0. The molecule has 0 unspecified atom stereocenters. The number of carbonyl (C=O) groups excluding carboxylic acids is 2. The molecule has 2 aromatic rings. The quantitative estimate of drug-likeness (QED) is 0.525. The predicted octanol–water partition coefficient (Wildman–Crippen LogP) is 3.83. The summed E-state index contributed by atoms with van der Waals surface area (Å²) in [6, 6.07) is 11.4. The van der Waals surface area contributed by atoms with Crippen molar-refractivity contribution in [2.75, 3.05) is 18.4 Å². The SMILES string of the molecule is CC(C)(C)OC(=O)N[C@@H](CC(=O)N1C[C@@H](N)C[C@H]1CNc1ccccc1F)Cc1ccccc1F. The number of amides is 2. The third kappa shape index (κ3) is 7.92. The van der Waals surface area contributed by atoms with Crippen LogP contribution < -0.4 is 16.4 Å². The van der Waals surface area contributed by atoms with Crippen molar-refractivity contribution >= 4 is 17.7 Å². The van der Waals surface area contributed by atoms with Crippen LogP contribution in [0.1, 0.15) is 39.2 Å². The van der Waals surface area contributed by atoms with E-state index >= 15 is 0 Å². The van der Waals surface area contributed by atoms with Gasteiger partial charge in [0, 0.05) is 31.6 Å². The highest BCUT2D eigenvalue weighted by Crippen LogP contribution is 2.21. The fourth-order valence-corrected chi connectivity index (χ4v) is 4.19. The van der Waals surface area contributed by atoms with E-state index in [1.54, 1.807) is 62.1 Å². The van der Waals surface area contributed by atoms with E-state index in [0.29, 0.717) is 30.8 Å². The molecule has 1 heterocycles. The van der Waals surface area contributed by atoms with E-state index in [9.17, 15) is 18.4 Å². The molecule has 0 aromatic heterocycles. The highest BCUT2D eigenvalue weighted by Gasteiger charge is 2.35. The molecule has 7 nitrogen and oxygen atoms in total. The minimum Gasteiger partial charge on any atom is -0.444 e. The number of benzene rings is 2. The number of carbonyl (C=O) groups is 2. The highest BCUT2D eigenvalue weighted by atomic mass is 19.1. The number of hydrogen-bond acceptors (Lipinski definition) is 5. The molecule has 1 aliphatic heterocycles. The molecule has 1 aliphatic rings. The first kappa shape index (κ1) is 26.4. The van der Waals surface area contributed by atoms with Gasteiger partial charge in [0.1, 0.15) is 17.2 Å². The smallest absolute Gasteiger partial charge is 0.407 e. The van der Waals surface area contributed by atoms with Crippen LogP contribution in [-0.4, -0.2) is 53.7 Å². The van der Waals surface area contributed by atoms with E-state index in [1.807, 2.05) is 0 Å². The summed E-state index contributed by atoms with van der Waals surface area (Å²) in [7, 11) is 0. The molecule has 1 fully saturated rings. The molecule has 0 bridgehead atoms. The van der Waals surface area contributed by atoms with Gasteiger partial charge in [-0.05, 0) is 57.4 Å². The molecule has 2 amide bonds. The molecule has 0 spiro atoms. The van der Waals surface area contributed by atoms with Crippen LogP contribution in [0.15, 0.2) is 48.5 Å². The molecule has 1 saturated heterocycles. The summed E-state index contributed by atoms with van der Waals surface area (Å²) in [6.45, 7) is 5.90. The van der Waals surface area contributed by atoms with E-state index < -0.39 is 23.6 Å². The van der Waals surface area contributed by atoms with Gasteiger partial charge in [-0.1, -0.05) is 30.3 Å². The van der Waals surface area contributed by atoms with Gasteiger partial charge >= 0.3 is 6.09 Å². The first-order valence-electron chi connectivity index (χ1n) is 11.8. The first-order valence-corrected chi connectivity index (χ1v) is 11.8. The summed E-state index contributed by atoms with van der Waals surface area (Å²) < 4.78 is 33.7. The van der Waals surface area contributed by atoms with E-state index in [0.717, 1.165) is 0 Å². The van der Waals surface area contributed by atoms with Crippen LogP contribution in [0.25, 0.3) is 0 Å². The number of hydrogen-bond donors (Lipinski definition) is 3. The summed E-state index contributed by atoms with van der Waals surface area (Å²) in [5, 5.41) is 5.78. The zero-order valence-corrected chi connectivity index (χ0v) is 20.4. The number of ether oxygens (including phenoxy) is 1. The average Bonchev–Trinajstić information content (AvgIpc) is 3.14. The monoisotopic (exact) mass is 488 g/mol. The lowest BCUT2D eigenvalue weighted by Crippen LogP contribution is -2.46. The maximum Gasteiger partial charge on any atom is 0.407 e. The number of nitrogens with zero attached hydrogens (tertiary/aromatic N) is 1. The fourth-order valence-electron chi connectivity index (χ4n) is 4.19. The number of nitrogens with two attached hydrogens (primary N) is 1. The van der Waals surface area contributed by atoms with Crippen LogP contribution in [0.4, 0.5) is 19.3 Å². The van der Waals surface area contributed by atoms with Crippen molar-refractivity contribution in [3.05, 3.63) is 65.7 Å². The molecule has 4 N–H and O–H groups in total. The topological polar surface area (TPSA) is 96.7 Å². The minimum atomic E-state index is -0.720. The van der Waals surface area contributed by atoms with Crippen molar-refractivity contribution in [3.8, 4) is 0 Å². The van der Waals surface area contributed by atoms with Crippen LogP contribution in [0, 0.1) is 11.6 Å². The van der Waals surface area contributed by atoms with Gasteiger partial charge in [-0.15, -0.1) is 0 Å². The van der Waals surface area contributed by atoms with Gasteiger partial charge < -0.3 is 26.0 Å². The van der Waals surface area contributed by atoms with Crippen molar-refractivity contribution < 1.29 is 23.1 Å². The maximum absolute atomic E-state index is 14.3. The van der Waals surface area contributed by atoms with Crippen LogP contribution in [0.3, 0.4) is 0 Å². The number of nitrogens with one attached hydrogen (secondary N) is 2. The Morgan fingerprint density at radius 1 is 1.11 bits per heavy atom. The Morgan fingerprint density at radius 2 is 1.77 bits per heavy atom. The van der Waals surface area contributed by atoms with E-state index in [-0.39, 0.29) is 36.6 Å². The van der Waals surface area contributed by atoms with Gasteiger partial charge in [-0.2, -0.15) is 0 Å². The van der Waals surface area contributed by atoms with Crippen LogP contribution >= 0.6 is 0 Å². The van der Waals surface area contributed by atoms with E-state index in [4.69, 9.17) is 10.5 Å². The fraction of sp³-hybridized carbons (Fsp3) is 0.462. The molecule has 0 radical (unpaired) electrons. The maximum atomic E-state index is 14.3. The summed E-state index contributed by atoms with van der Waals surface area (Å²) in [5.74, 6) is -1.01. The van der Waals surface area contributed by atoms with Crippen molar-refractivity contribution in [3.63, 3.8) is 0 Å². The van der Waals surface area contributed by atoms with Gasteiger partial charge in [-0.25, -0.2) is 13.6 Å². The van der Waals surface area contributed by atoms with Gasteiger partial charge in [0.05, 0.1) is 11.7 Å². The van der Waals surface area contributed by atoms with Crippen LogP contribution in [-0.2, 0) is 16.0 Å². The van der Waals surface area contributed by atoms with E-state index in [1.165, 1.54) is 12.1 Å². The average molecular weight is 489 g/mol. The summed E-state index contributed by atoms with van der Waals surface area (Å²) in [6.07, 6.45) is -0.0563. The predicted molar refractivity (Wildman–Crippen MR) is 131 cm³/mol. The minimum absolute atomic E-state index is 0.0590. The Hall–Kier alpha value is -3.20. The zero-order chi connectivity index (χ0) is 25.6. The standard InChI is InChI=1S/C26H34F2N4O3/c1-26(2,3)35-25(34)31-19(12-17-8-4-5-9-21(17)27)14-24(33)32-16-18(29)13-20(32)15-30-23-11-7-6-10-22(23)28/h4-11,18-20,30H,12-16,29H2,1-3H3,(H,31,34)/t18-,19+,20-/m0/s1. The van der Waals surface area contributed by atoms with Crippen molar-refractivity contribution in [2.24, 2.45) is 5.73 Å². The molecule has 190 valence electrons. The molecule has 0 aliphatic carbocycles. The number of alkyl carbamates (subject to hydrolysis) is 1. The third-order valence-electron chi connectivity index (χ3n) is 5.74. The normalized spacial score (nSPS) is 18.7. The summed E-state index contributed by atoms with van der Waals surface area (Å²) in [4.78, 5) is 27.4. The first-order chi connectivity index (χ1) is 16.5. The molecular formula is C26H34F2N4O3. The lowest BCUT2D eigenvalue weighted by Gasteiger charge is -2.28. The number of likely N-dealkylation sites (tertiary alicyclic amines) is 1. The second-order valence-electron chi connectivity index (χ2n) is 9.90. The Bertz CT molecular complexity index is 1030. The largest absolute Gasteiger partial charge is 0.444 e. The Morgan fingerprint density at radius 3 is 2.43 bits per heavy atom. The molecule has 35 heavy (non-hydrogen) atoms. The van der Waals surface area contributed by atoms with Gasteiger partial charge in [-0.3, -0.25) is 4.79 Å². The van der Waals surface area contributed by atoms with Crippen molar-refractivity contribution in [2.45, 2.75) is 63.8 Å². The molecular weight excluding hydrogens is 454 g/mol. The highest BCUT2D eigenvalue weighted by molar-refractivity contribution is 5.79. The third-order valence-corrected chi connectivity index (χ3v) is 5.74. The number of halogens is 2. The number of para-hydroxylation sites is 1. The lowest BCUT2D eigenvalue weighted by molar-refractivity contribution is -0.132. The zero-order valence-electron chi connectivity index (χ0n) is 20.4. The Labute approximate surface area is 205 Å². The van der Waals surface area contributed by atoms with Crippen molar-refractivity contribution in [1.82, 2.24) is 10.2 Å². The molecule has 3 atom stereocenters. The van der Waals surface area contributed by atoms with Gasteiger partial charge in [0.2, 0.25) is 5.91 Å². The Kier molecular flexibility index (Phi) is 8.67. The lowest BCUT2D eigenvalue weighted by atomic mass is 10.0. The molecule has 9 heteroatoms. The number of anilines is 1. The second kappa shape index (κ2) is 11.5. The molecule has 0 saturated carbocycles. The van der Waals surface area contributed by atoms with Crippen molar-refractivity contribution in [1.29, 1.82) is 0 Å². The Balaban J connectivity index is 1.70. The summed E-state index contributed by atoms with van der Waals surface area (Å²) in [5.41, 5.74) is 6.16. The molecule has 3 rings (SSSR count). The second-order valence-corrected chi connectivity index (χ2v) is 9.90.